The van der Waals surface area contributed by atoms with Crippen molar-refractivity contribution in [1.82, 2.24) is 5.32 Å². The highest BCUT2D eigenvalue weighted by molar-refractivity contribution is 8.31. The maximum absolute atomic E-state index is 10.2. The summed E-state index contributed by atoms with van der Waals surface area (Å²) in [7, 11) is 0.931. The summed E-state index contributed by atoms with van der Waals surface area (Å²) in [6, 6.07) is 0. The third-order valence-corrected chi connectivity index (χ3v) is 4.20. The molecule has 1 rings (SSSR count). The average molecular weight is 188 g/mol. The summed E-state index contributed by atoms with van der Waals surface area (Å²) in [5.74, 6) is 2.16. The quantitative estimate of drug-likeness (QED) is 0.567. The molecule has 0 bridgehead atoms. The summed E-state index contributed by atoms with van der Waals surface area (Å²) in [5, 5.41) is 3.20. The monoisotopic (exact) mass is 187 g/mol. The maximum atomic E-state index is 10.2. The molecule has 1 aliphatic heterocycles. The van der Waals surface area contributed by atoms with E-state index in [4.69, 9.17) is 0 Å². The van der Waals surface area contributed by atoms with Crippen molar-refractivity contribution in [3.63, 3.8) is 0 Å². The molecule has 0 saturated carbocycles. The van der Waals surface area contributed by atoms with Gasteiger partial charge in [0.2, 0.25) is 0 Å². The molecule has 5 heteroatoms. The second kappa shape index (κ2) is 5.41. The summed E-state index contributed by atoms with van der Waals surface area (Å²) in [6.07, 6.45) is 0. The van der Waals surface area contributed by atoms with Crippen LogP contribution in [-0.4, -0.2) is 28.8 Å². The van der Waals surface area contributed by atoms with Gasteiger partial charge in [-0.25, -0.2) is 4.21 Å². The largest absolute Gasteiger partial charge is 0.315 e. The number of hydrogen-bond donors (Lipinski definition) is 1. The molecule has 1 saturated heterocycles. The zero-order valence-electron chi connectivity index (χ0n) is 4.96. The van der Waals surface area contributed by atoms with E-state index in [1.54, 1.807) is 0 Å². The minimum absolute atomic E-state index is 0. The maximum Gasteiger partial charge on any atom is 0.120 e. The summed E-state index contributed by atoms with van der Waals surface area (Å²) in [6.45, 7) is 2.08. The molecule has 0 aromatic rings. The first-order valence-electron chi connectivity index (χ1n) is 2.62. The second-order valence-corrected chi connectivity index (χ2v) is 5.32. The molecule has 1 fully saturated rings. The van der Waals surface area contributed by atoms with Crippen LogP contribution in [0.3, 0.4) is 0 Å². The molecule has 0 unspecified atom stereocenters. The standard InChI is InChI=1S/C4H9NOS2.ClH/c6-7-8-3-1-5-2-4-8;/h5H,1-4H2;1H. The fraction of sp³-hybridized carbons (Fsp3) is 1.00. The molecule has 1 N–H and O–H groups in total. The minimum Gasteiger partial charge on any atom is -0.315 e. The van der Waals surface area contributed by atoms with Gasteiger partial charge in [0.05, 0.1) is 0 Å². The Morgan fingerprint density at radius 1 is 1.33 bits per heavy atom. The van der Waals surface area contributed by atoms with Crippen LogP contribution < -0.4 is 5.32 Å². The van der Waals surface area contributed by atoms with Crippen molar-refractivity contribution < 1.29 is 4.21 Å². The Labute approximate surface area is 66.5 Å². The van der Waals surface area contributed by atoms with Gasteiger partial charge in [-0.05, 0) is 0 Å². The normalized spacial score (nSPS) is 20.4. The molecule has 0 atom stereocenters. The Morgan fingerprint density at radius 2 is 1.89 bits per heavy atom. The van der Waals surface area contributed by atoms with Crippen LogP contribution in [0.25, 0.3) is 0 Å². The molecule has 0 radical (unpaired) electrons. The fourth-order valence-electron chi connectivity index (χ4n) is 0.667. The van der Waals surface area contributed by atoms with E-state index in [1.165, 1.54) is 0 Å². The first-order valence-corrected chi connectivity index (χ1v) is 5.44. The van der Waals surface area contributed by atoms with E-state index in [1.807, 2.05) is 0 Å². The SMILES string of the molecule is Cl.O=S=S1CCNCC1. The van der Waals surface area contributed by atoms with Gasteiger partial charge in [0.1, 0.15) is 10.2 Å². The lowest BCUT2D eigenvalue weighted by atomic mass is 10.6. The van der Waals surface area contributed by atoms with Crippen LogP contribution in [0.5, 0.6) is 0 Å². The lowest BCUT2D eigenvalue weighted by molar-refractivity contribution is 0.701. The van der Waals surface area contributed by atoms with Gasteiger partial charge in [0, 0.05) is 24.6 Å². The van der Waals surface area contributed by atoms with Gasteiger partial charge in [-0.3, -0.25) is 0 Å². The Balaban J connectivity index is 0.000000640. The lowest BCUT2D eigenvalue weighted by Gasteiger charge is -2.11. The van der Waals surface area contributed by atoms with E-state index < -0.39 is 0 Å². The number of rotatable bonds is 0. The Kier molecular flexibility index (Phi) is 5.78. The fourth-order valence-corrected chi connectivity index (χ4v) is 2.66. The van der Waals surface area contributed by atoms with E-state index >= 15 is 0 Å². The molecule has 0 aromatic heterocycles. The van der Waals surface area contributed by atoms with Crippen LogP contribution in [0.2, 0.25) is 0 Å². The smallest absolute Gasteiger partial charge is 0.120 e. The van der Waals surface area contributed by atoms with Crippen LogP contribution in [0.15, 0.2) is 0 Å². The third-order valence-electron chi connectivity index (χ3n) is 1.11. The zero-order valence-corrected chi connectivity index (χ0v) is 7.41. The number of hydrogen-bond acceptors (Lipinski definition) is 2. The van der Waals surface area contributed by atoms with Crippen LogP contribution in [0.1, 0.15) is 0 Å². The van der Waals surface area contributed by atoms with Crippen LogP contribution in [0, 0.1) is 0 Å². The summed E-state index contributed by atoms with van der Waals surface area (Å²) in [4.78, 5) is 0. The van der Waals surface area contributed by atoms with Crippen molar-refractivity contribution in [2.45, 2.75) is 0 Å². The molecular formula is C4H10ClNOS2. The molecule has 1 aliphatic rings. The summed E-state index contributed by atoms with van der Waals surface area (Å²) >= 11 is 0. The van der Waals surface area contributed by atoms with Crippen molar-refractivity contribution in [2.75, 3.05) is 24.6 Å². The van der Waals surface area contributed by atoms with Crippen molar-refractivity contribution in [3.8, 4) is 0 Å². The van der Waals surface area contributed by atoms with Gasteiger partial charge in [0.25, 0.3) is 0 Å². The van der Waals surface area contributed by atoms with Gasteiger partial charge < -0.3 is 5.32 Å². The molecular weight excluding hydrogens is 178 g/mol. The lowest BCUT2D eigenvalue weighted by Crippen LogP contribution is -2.32. The molecule has 9 heavy (non-hydrogen) atoms. The highest BCUT2D eigenvalue weighted by Crippen LogP contribution is 1.86. The highest BCUT2D eigenvalue weighted by Gasteiger charge is 2.01. The van der Waals surface area contributed by atoms with E-state index in [2.05, 4.69) is 5.32 Å². The van der Waals surface area contributed by atoms with Gasteiger partial charge in [-0.1, -0.05) is 9.45 Å². The van der Waals surface area contributed by atoms with Crippen molar-refractivity contribution in [3.05, 3.63) is 0 Å². The van der Waals surface area contributed by atoms with Crippen LogP contribution in [-0.2, 0) is 19.7 Å². The van der Waals surface area contributed by atoms with Crippen LogP contribution >= 0.6 is 12.4 Å². The zero-order chi connectivity index (χ0) is 5.82. The molecule has 0 aliphatic carbocycles. The van der Waals surface area contributed by atoms with Gasteiger partial charge in [-0.2, -0.15) is 0 Å². The first-order chi connectivity index (χ1) is 3.93. The summed E-state index contributed by atoms with van der Waals surface area (Å²) in [5.41, 5.74) is 0. The van der Waals surface area contributed by atoms with Crippen LogP contribution in [0.4, 0.5) is 0 Å². The predicted molar refractivity (Wildman–Crippen MR) is 45.4 cm³/mol. The van der Waals surface area contributed by atoms with Crippen molar-refractivity contribution >= 4 is 32.1 Å². The number of nitrogens with one attached hydrogen (secondary N) is 1. The van der Waals surface area contributed by atoms with Gasteiger partial charge in [-0.15, -0.1) is 12.4 Å². The molecule has 0 spiro atoms. The Morgan fingerprint density at radius 3 is 2.22 bits per heavy atom. The second-order valence-electron chi connectivity index (χ2n) is 1.67. The van der Waals surface area contributed by atoms with Gasteiger partial charge in [0.15, 0.2) is 0 Å². The molecule has 1 heterocycles. The van der Waals surface area contributed by atoms with E-state index in [0.717, 1.165) is 34.8 Å². The van der Waals surface area contributed by atoms with Gasteiger partial charge >= 0.3 is 0 Å². The molecule has 0 amide bonds. The van der Waals surface area contributed by atoms with E-state index in [9.17, 15) is 4.21 Å². The minimum atomic E-state index is 0. The highest BCUT2D eigenvalue weighted by atomic mass is 35.5. The van der Waals surface area contributed by atoms with E-state index in [0.29, 0.717) is 0 Å². The third kappa shape index (κ3) is 3.35. The summed E-state index contributed by atoms with van der Waals surface area (Å²) < 4.78 is 10.2. The molecule has 56 valence electrons. The average Bonchev–Trinajstić information content (AvgIpc) is 1.90. The Bertz CT molecular complexity index is 127. The number of halogens is 1. The first kappa shape index (κ1) is 9.62. The Hall–Kier alpha value is 0.620. The van der Waals surface area contributed by atoms with Crippen molar-refractivity contribution in [2.24, 2.45) is 0 Å². The van der Waals surface area contributed by atoms with Crippen molar-refractivity contribution in [1.29, 1.82) is 0 Å². The predicted octanol–water partition coefficient (Wildman–Crippen LogP) is -0.242. The molecule has 0 aromatic carbocycles. The topological polar surface area (TPSA) is 29.1 Å². The molecule has 2 nitrogen and oxygen atoms in total. The van der Waals surface area contributed by atoms with E-state index in [-0.39, 0.29) is 21.9 Å².